The third-order valence-electron chi connectivity index (χ3n) is 15.5. The van der Waals surface area contributed by atoms with E-state index in [1.54, 1.807) is 18.6 Å². The molecule has 0 aromatic rings. The number of rotatable bonds is 36. The summed E-state index contributed by atoms with van der Waals surface area (Å²) in [7, 11) is -18.1. The molecule has 0 aliphatic carbocycles. The minimum atomic E-state index is -5.23. The second kappa shape index (κ2) is 36.5. The molecule has 0 bridgehead atoms. The van der Waals surface area contributed by atoms with Gasteiger partial charge in [0.1, 0.15) is 36.6 Å². The number of nitrogens with one attached hydrogen (secondary N) is 6. The molecule has 4 aliphatic rings. The van der Waals surface area contributed by atoms with Crippen molar-refractivity contribution < 1.29 is 148 Å². The van der Waals surface area contributed by atoms with Crippen molar-refractivity contribution in [3.8, 4) is 0 Å². The lowest BCUT2D eigenvalue weighted by atomic mass is 9.73. The predicted molar refractivity (Wildman–Crippen MR) is 302 cm³/mol. The van der Waals surface area contributed by atoms with Gasteiger partial charge in [0, 0.05) is 56.4 Å². The molecule has 4 heterocycles. The number of ether oxygens (including phenoxy) is 8. The van der Waals surface area contributed by atoms with Crippen LogP contribution in [-0.4, -0.2) is 284 Å². The van der Waals surface area contributed by atoms with E-state index in [9.17, 15) is 102 Å². The van der Waals surface area contributed by atoms with Crippen molar-refractivity contribution >= 4 is 71.6 Å². The number of carbonyl (C=O) groups excluding carboxylic acids is 4. The molecule has 43 heteroatoms. The van der Waals surface area contributed by atoms with Crippen LogP contribution in [-0.2, 0) is 107 Å². The van der Waals surface area contributed by atoms with Crippen LogP contribution >= 0.6 is 0 Å². The number of hydrogen-bond donors (Lipinski definition) is 13. The van der Waals surface area contributed by atoms with Gasteiger partial charge in [-0.25, -0.2) is 40.8 Å². The summed E-state index contributed by atoms with van der Waals surface area (Å²) in [6.07, 6.45) is -17.0. The molecule has 3 amide bonds. The van der Waals surface area contributed by atoms with E-state index in [-0.39, 0.29) is 44.8 Å². The lowest BCUT2D eigenvalue weighted by Gasteiger charge is -2.51. The molecule has 13 N–H and O–H groups in total. The SMILES string of the molecule is C=CNC(=O)CCCCC(=O)NNCC(=O)C1OC(CC)C(O)C(O)C1COCC1OC(COS(=O)(=O)[O-])C(C)(COC)C(O)C1NS(=O)(=O)O.C=NNC(=O)C1OC(CC)C(O)C(O)C1COCC1OC(COS(=O)(=O)[O-])C(C)(COC)C(O)C1NS(=O)(=O)[O-]. The van der Waals surface area contributed by atoms with Crippen molar-refractivity contribution in [3.63, 3.8) is 0 Å². The molecule has 20 atom stereocenters. The summed E-state index contributed by atoms with van der Waals surface area (Å²) in [5, 5.41) is 70.7. The molecule has 4 aliphatic heterocycles. The van der Waals surface area contributed by atoms with Crippen LogP contribution in [0.2, 0.25) is 0 Å². The third-order valence-corrected chi connectivity index (χ3v) is 17.5. The van der Waals surface area contributed by atoms with Gasteiger partial charge in [0.25, 0.3) is 5.91 Å². The standard InChI is InChI=1S/C28H50N4O17S2.C20H37N3O15S2/c1-5-18-25(37)24(36)16(26(49-18)17(33)11-30-31-22(35)10-8-7-9-21(34)29-6-2)12-46-13-19-23(32-50(39,40)41)27(38)28(3,15-45-4)20(48-19)14-47-51(42,43)44;1-5-11-16(25)15(24)10(17(38-11)19(27)22-21-3)6-35-7-12-14(23-39(28,29)30)18(26)20(2,9-34-4)13(37-12)8-36-40(31,32)33/h6,16,18-20,23-27,30,32,36-38H,2,5,7-15H2,1,3-4H3,(H,29,34)(H,31,35)(H,39,40,41)(H,42,43,44);10-18,23-26H,3,5-9H2,1-2,4H3,(H,22,27)(H,28,29,30)(H,31,32,33)/p-3. The van der Waals surface area contributed by atoms with Gasteiger partial charge in [0.15, 0.2) is 16.1 Å². The van der Waals surface area contributed by atoms with Crippen molar-refractivity contribution in [2.75, 3.05) is 73.6 Å². The van der Waals surface area contributed by atoms with Crippen LogP contribution in [0.3, 0.4) is 0 Å². The van der Waals surface area contributed by atoms with E-state index < -0.39 is 225 Å². The van der Waals surface area contributed by atoms with Crippen LogP contribution in [0.5, 0.6) is 0 Å². The number of aliphatic hydroxyl groups is 6. The number of amides is 3. The summed E-state index contributed by atoms with van der Waals surface area (Å²) in [6.45, 7) is 7.33. The van der Waals surface area contributed by atoms with Gasteiger partial charge in [-0.05, 0) is 31.9 Å². The molecule has 20 unspecified atom stereocenters. The Bertz CT molecular complexity index is 2830. The van der Waals surface area contributed by atoms with Crippen molar-refractivity contribution in [3.05, 3.63) is 12.8 Å². The Morgan fingerprint density at radius 3 is 1.44 bits per heavy atom. The number of ketones is 1. The van der Waals surface area contributed by atoms with Crippen LogP contribution in [0.1, 0.15) is 66.2 Å². The van der Waals surface area contributed by atoms with Crippen molar-refractivity contribution in [2.24, 2.45) is 27.8 Å². The first-order valence-corrected chi connectivity index (χ1v) is 33.5. The van der Waals surface area contributed by atoms with Crippen LogP contribution in [0, 0.1) is 22.7 Å². The largest absolute Gasteiger partial charge is 0.735 e. The molecule has 0 aromatic heterocycles. The zero-order chi connectivity index (χ0) is 69.0. The molecule has 0 aromatic carbocycles. The Kier molecular flexibility index (Phi) is 32.7. The normalized spacial score (nSPS) is 34.0. The smallest absolute Gasteiger partial charge is 0.333 e. The van der Waals surface area contributed by atoms with Crippen LogP contribution < -0.4 is 31.0 Å². The number of aliphatic hydroxyl groups excluding tert-OH is 6. The van der Waals surface area contributed by atoms with E-state index in [4.69, 9.17) is 37.9 Å². The highest BCUT2D eigenvalue weighted by Crippen LogP contribution is 2.41. The van der Waals surface area contributed by atoms with Gasteiger partial charge in [-0.15, -0.1) is 0 Å². The zero-order valence-corrected chi connectivity index (χ0v) is 53.7. The molecule has 4 fully saturated rings. The summed E-state index contributed by atoms with van der Waals surface area (Å²) < 4.78 is 191. The fourth-order valence-electron chi connectivity index (χ4n) is 10.7. The Morgan fingerprint density at radius 1 is 0.615 bits per heavy atom. The average Bonchev–Trinajstić information content (AvgIpc) is 0.778. The highest BCUT2D eigenvalue weighted by Gasteiger charge is 2.56. The predicted octanol–water partition coefficient (Wildman–Crippen LogP) is -7.53. The first kappa shape index (κ1) is 81.6. The number of unbranched alkanes of at least 4 members (excludes halogenated alkanes) is 1. The number of nitrogens with zero attached hydrogens (tertiary/aromatic N) is 1. The molecule has 91 heavy (non-hydrogen) atoms. The summed E-state index contributed by atoms with van der Waals surface area (Å²) >= 11 is 0. The maximum atomic E-state index is 13.2. The number of hydrazone groups is 1. The Balaban J connectivity index is 0.000000489. The average molecular weight is 1400 g/mol. The van der Waals surface area contributed by atoms with E-state index in [0.717, 1.165) is 0 Å². The molecule has 4 rings (SSSR count). The molecule has 0 radical (unpaired) electrons. The van der Waals surface area contributed by atoms with E-state index in [0.29, 0.717) is 12.8 Å². The number of Topliss-reactive ketones (excluding diaryl/α,β-unsaturated/α-hetero) is 1. The second-order valence-electron chi connectivity index (χ2n) is 22.0. The van der Waals surface area contributed by atoms with Crippen molar-refractivity contribution in [1.82, 2.24) is 31.0 Å². The van der Waals surface area contributed by atoms with E-state index >= 15 is 0 Å². The third kappa shape index (κ3) is 24.8. The molecule has 530 valence electrons. The minimum Gasteiger partial charge on any atom is -0.735 e. The summed E-state index contributed by atoms with van der Waals surface area (Å²) in [6, 6.07) is -3.30. The Hall–Kier alpha value is -3.63. The van der Waals surface area contributed by atoms with Gasteiger partial charge in [-0.3, -0.25) is 37.5 Å². The van der Waals surface area contributed by atoms with Gasteiger partial charge in [0.05, 0.1) is 120 Å². The minimum absolute atomic E-state index is 0.0530. The first-order valence-electron chi connectivity index (χ1n) is 28.0. The van der Waals surface area contributed by atoms with Crippen LogP contribution in [0.15, 0.2) is 17.9 Å². The van der Waals surface area contributed by atoms with Crippen LogP contribution in [0.25, 0.3) is 0 Å². The molecule has 4 saturated heterocycles. The number of hydrazine groups is 1. The molecular formula is C48H84N7O32S4-3. The maximum absolute atomic E-state index is 13.2. The molecule has 0 saturated carbocycles. The Labute approximate surface area is 526 Å². The maximum Gasteiger partial charge on any atom is 0.333 e. The highest BCUT2D eigenvalue weighted by atomic mass is 32.3. The van der Waals surface area contributed by atoms with Gasteiger partial charge in [-0.2, -0.15) is 18.2 Å². The van der Waals surface area contributed by atoms with E-state index in [2.05, 4.69) is 48.4 Å². The van der Waals surface area contributed by atoms with E-state index in [1.807, 2.05) is 4.72 Å². The summed E-state index contributed by atoms with van der Waals surface area (Å²) in [5.41, 5.74) is 3.74. The summed E-state index contributed by atoms with van der Waals surface area (Å²) in [4.78, 5) is 49.4. The highest BCUT2D eigenvalue weighted by molar-refractivity contribution is 7.84. The van der Waals surface area contributed by atoms with Gasteiger partial charge >= 0.3 is 10.3 Å². The van der Waals surface area contributed by atoms with Gasteiger partial charge in [0.2, 0.25) is 32.6 Å². The number of carbonyl (C=O) groups is 4. The second-order valence-corrected chi connectivity index (χ2v) is 26.5. The number of hydrogen-bond acceptors (Lipinski definition) is 33. The quantitative estimate of drug-likeness (QED) is 0.00911. The fraction of sp³-hybridized carbons (Fsp3) is 0.854. The van der Waals surface area contributed by atoms with Gasteiger partial charge in [-0.1, -0.05) is 34.3 Å². The Morgan fingerprint density at radius 2 is 1.04 bits per heavy atom. The van der Waals surface area contributed by atoms with Crippen molar-refractivity contribution in [1.29, 1.82) is 0 Å². The molecule has 39 nitrogen and oxygen atoms in total. The lowest BCUT2D eigenvalue weighted by Crippen LogP contribution is -2.68. The van der Waals surface area contributed by atoms with E-state index in [1.165, 1.54) is 34.3 Å². The lowest BCUT2D eigenvalue weighted by molar-refractivity contribution is -0.233. The zero-order valence-electron chi connectivity index (χ0n) is 50.4. The molecular weight excluding hydrogens is 1310 g/mol. The monoisotopic (exact) mass is 1400 g/mol. The van der Waals surface area contributed by atoms with Crippen LogP contribution in [0.4, 0.5) is 0 Å². The molecule has 0 spiro atoms. The topological polar surface area (TPSA) is 592 Å². The van der Waals surface area contributed by atoms with Crippen molar-refractivity contribution in [2.45, 2.75) is 164 Å². The number of methoxy groups -OCH3 is 2. The summed E-state index contributed by atoms with van der Waals surface area (Å²) in [5.74, 6) is -4.53. The fourth-order valence-corrected chi connectivity index (χ4v) is 12.6. The first-order chi connectivity index (χ1) is 42.3. The van der Waals surface area contributed by atoms with Gasteiger partial charge < -0.3 is 87.5 Å².